The molecule has 0 aliphatic rings. The molecule has 0 aromatic heterocycles. The molecule has 0 unspecified atom stereocenters. The predicted octanol–water partition coefficient (Wildman–Crippen LogP) is 3.96. The molecule has 0 heterocycles. The molecule has 5 nitrogen and oxygen atoms in total. The van der Waals surface area contributed by atoms with Crippen molar-refractivity contribution in [1.82, 2.24) is 0 Å². The number of methoxy groups -OCH3 is 1. The van der Waals surface area contributed by atoms with E-state index in [0.29, 0.717) is 10.8 Å². The van der Waals surface area contributed by atoms with Gasteiger partial charge in [-0.25, -0.2) is 0 Å². The molecule has 8 heteroatoms. The van der Waals surface area contributed by atoms with Crippen molar-refractivity contribution in [2.45, 2.75) is 37.5 Å². The molecule has 0 aliphatic heterocycles. The molecule has 0 bridgehead atoms. The molecule has 0 N–H and O–H groups in total. The van der Waals surface area contributed by atoms with Crippen molar-refractivity contribution in [3.05, 3.63) is 24.3 Å². The Labute approximate surface area is 148 Å². The van der Waals surface area contributed by atoms with Crippen LogP contribution >= 0.6 is 24.4 Å². The molecule has 130 valence electrons. The highest BCUT2D eigenvalue weighted by molar-refractivity contribution is 8.13. The minimum atomic E-state index is -3.89. The van der Waals surface area contributed by atoms with Crippen molar-refractivity contribution in [3.63, 3.8) is 0 Å². The molecule has 0 radical (unpaired) electrons. The number of thioether (sulfide) groups is 1. The van der Waals surface area contributed by atoms with Crippen LogP contribution in [0.5, 0.6) is 5.75 Å². The fourth-order valence-corrected chi connectivity index (χ4v) is 3.47. The first-order valence-electron chi connectivity index (χ1n) is 7.35. The molecule has 0 aliphatic carbocycles. The number of benzene rings is 1. The maximum Gasteiger partial charge on any atom is 0.358 e. The molecule has 0 spiro atoms. The second-order valence-electron chi connectivity index (χ2n) is 4.80. The Balaban J connectivity index is 2.43. The second-order valence-corrected chi connectivity index (χ2v) is 8.06. The normalized spacial score (nSPS) is 12.2. The Morgan fingerprint density at radius 1 is 1.17 bits per heavy atom. The summed E-state index contributed by atoms with van der Waals surface area (Å²) in [6, 6.07) is 5.97. The smallest absolute Gasteiger partial charge is 0.358 e. The topological polar surface area (TPSA) is 65.0 Å². The van der Waals surface area contributed by atoms with Gasteiger partial charge in [0.2, 0.25) is 0 Å². The summed E-state index contributed by atoms with van der Waals surface area (Å²) in [5.41, 5.74) is 0. The van der Waals surface area contributed by atoms with Gasteiger partial charge in [0.25, 0.3) is 0 Å². The minimum absolute atomic E-state index is 0.0478. The van der Waals surface area contributed by atoms with Crippen molar-refractivity contribution in [3.8, 4) is 5.75 Å². The Kier molecular flexibility index (Phi) is 9.50. The Morgan fingerprint density at radius 3 is 2.43 bits per heavy atom. The third kappa shape index (κ3) is 7.99. The molecule has 0 saturated carbocycles. The number of ether oxygens (including phenoxy) is 1. The molecule has 0 atom stereocenters. The van der Waals surface area contributed by atoms with E-state index in [1.807, 2.05) is 0 Å². The zero-order valence-corrected chi connectivity index (χ0v) is 15.9. The van der Waals surface area contributed by atoms with Crippen LogP contribution in [0.15, 0.2) is 34.3 Å². The Hall–Kier alpha value is -0.860. The molecule has 23 heavy (non-hydrogen) atoms. The van der Waals surface area contributed by atoms with Crippen molar-refractivity contribution >= 4 is 39.6 Å². The largest absolute Gasteiger partial charge is 0.497 e. The second kappa shape index (κ2) is 10.8. The average molecular weight is 378 g/mol. The van der Waals surface area contributed by atoms with E-state index >= 15 is 0 Å². The van der Waals surface area contributed by atoms with Crippen LogP contribution in [-0.4, -0.2) is 32.1 Å². The Morgan fingerprint density at radius 2 is 1.83 bits per heavy atom. The molecule has 1 rings (SSSR count). The van der Waals surface area contributed by atoms with Gasteiger partial charge in [0.1, 0.15) is 15.7 Å². The van der Waals surface area contributed by atoms with Crippen LogP contribution in [0.3, 0.4) is 0 Å². The van der Waals surface area contributed by atoms with Crippen molar-refractivity contribution in [2.24, 2.45) is 5.16 Å². The van der Waals surface area contributed by atoms with Crippen LogP contribution in [0.25, 0.3) is 0 Å². The maximum atomic E-state index is 12.0. The third-order valence-electron chi connectivity index (χ3n) is 2.98. The Bertz CT molecular complexity index is 585. The van der Waals surface area contributed by atoms with Crippen molar-refractivity contribution in [2.75, 3.05) is 18.6 Å². The fourth-order valence-electron chi connectivity index (χ4n) is 1.70. The highest BCUT2D eigenvalue weighted by Crippen LogP contribution is 2.18. The van der Waals surface area contributed by atoms with Crippen LogP contribution in [0.1, 0.15) is 32.6 Å². The van der Waals surface area contributed by atoms with Gasteiger partial charge in [0.05, 0.1) is 7.11 Å². The number of rotatable bonds is 10. The van der Waals surface area contributed by atoms with E-state index in [-0.39, 0.29) is 4.90 Å². The van der Waals surface area contributed by atoms with Gasteiger partial charge in [-0.1, -0.05) is 18.0 Å². The number of hydrogen-bond acceptors (Lipinski definition) is 7. The molecular weight excluding hydrogens is 354 g/mol. The van der Waals surface area contributed by atoms with Crippen LogP contribution in [0, 0.1) is 0 Å². The van der Waals surface area contributed by atoms with Crippen LogP contribution < -0.4 is 4.74 Å². The number of thiol groups is 1. The van der Waals surface area contributed by atoms with E-state index in [1.54, 1.807) is 19.1 Å². The van der Waals surface area contributed by atoms with Crippen molar-refractivity contribution in [1.29, 1.82) is 0 Å². The third-order valence-corrected chi connectivity index (χ3v) is 5.40. The standard InChI is InChI=1S/C15H23NO4S3/c1-13(22-12-6-4-3-5-11-21)16-20-23(17,18)15-9-7-14(19-2)8-10-15/h7-10,21H,3-6,11-12H2,1-2H3/b16-13-. The first-order valence-corrected chi connectivity index (χ1v) is 10.4. The minimum Gasteiger partial charge on any atom is -0.497 e. The van der Waals surface area contributed by atoms with E-state index in [4.69, 9.17) is 9.02 Å². The summed E-state index contributed by atoms with van der Waals surface area (Å²) in [7, 11) is -2.37. The predicted molar refractivity (Wildman–Crippen MR) is 99.2 cm³/mol. The van der Waals surface area contributed by atoms with Gasteiger partial charge in [0.15, 0.2) is 0 Å². The number of nitrogens with zero attached hydrogens (tertiary/aromatic N) is 1. The van der Waals surface area contributed by atoms with Gasteiger partial charge >= 0.3 is 10.1 Å². The van der Waals surface area contributed by atoms with Crippen molar-refractivity contribution < 1.29 is 17.4 Å². The number of hydrogen-bond donors (Lipinski definition) is 1. The van der Waals surface area contributed by atoms with Crippen LogP contribution in [0.2, 0.25) is 0 Å². The van der Waals surface area contributed by atoms with E-state index in [0.717, 1.165) is 30.8 Å². The van der Waals surface area contributed by atoms with Gasteiger partial charge in [-0.3, -0.25) is 4.28 Å². The van der Waals surface area contributed by atoms with Gasteiger partial charge < -0.3 is 4.74 Å². The monoisotopic (exact) mass is 377 g/mol. The molecule has 1 aromatic carbocycles. The van der Waals surface area contributed by atoms with E-state index in [9.17, 15) is 8.42 Å². The summed E-state index contributed by atoms with van der Waals surface area (Å²) in [6.07, 6.45) is 4.51. The molecule has 1 aromatic rings. The van der Waals surface area contributed by atoms with E-state index in [1.165, 1.54) is 37.4 Å². The van der Waals surface area contributed by atoms with Gasteiger partial charge in [-0.2, -0.15) is 21.0 Å². The first-order chi connectivity index (χ1) is 11.0. The average Bonchev–Trinajstić information content (AvgIpc) is 2.56. The number of oxime groups is 1. The lowest BCUT2D eigenvalue weighted by Gasteiger charge is -2.04. The first kappa shape index (κ1) is 20.2. The summed E-state index contributed by atoms with van der Waals surface area (Å²) >= 11 is 5.67. The summed E-state index contributed by atoms with van der Waals surface area (Å²) in [4.78, 5) is 0.0478. The molecule has 0 saturated heterocycles. The van der Waals surface area contributed by atoms with E-state index < -0.39 is 10.1 Å². The van der Waals surface area contributed by atoms with Crippen LogP contribution in [-0.2, 0) is 14.4 Å². The lowest BCUT2D eigenvalue weighted by molar-refractivity contribution is 0.340. The summed E-state index contributed by atoms with van der Waals surface area (Å²) in [5, 5.41) is 4.29. The van der Waals surface area contributed by atoms with Crippen LogP contribution in [0.4, 0.5) is 0 Å². The summed E-state index contributed by atoms with van der Waals surface area (Å²) in [6.45, 7) is 1.74. The zero-order valence-electron chi connectivity index (χ0n) is 13.4. The molecule has 0 amide bonds. The zero-order chi connectivity index (χ0) is 17.1. The quantitative estimate of drug-likeness (QED) is 0.220. The fraction of sp³-hybridized carbons (Fsp3) is 0.533. The van der Waals surface area contributed by atoms with E-state index in [2.05, 4.69) is 17.8 Å². The molecular formula is C15H23NO4S3. The van der Waals surface area contributed by atoms with Gasteiger partial charge in [-0.05, 0) is 55.5 Å². The SMILES string of the molecule is COc1ccc(S(=O)(=O)O/N=C(/C)SCCCCCCS)cc1. The maximum absolute atomic E-state index is 12.0. The lowest BCUT2D eigenvalue weighted by Crippen LogP contribution is -2.03. The summed E-state index contributed by atoms with van der Waals surface area (Å²) in [5.74, 6) is 2.40. The lowest BCUT2D eigenvalue weighted by atomic mass is 10.2. The number of unbranched alkanes of at least 4 members (excludes halogenated alkanes) is 3. The van der Waals surface area contributed by atoms with Gasteiger partial charge in [0, 0.05) is 0 Å². The highest BCUT2D eigenvalue weighted by Gasteiger charge is 2.15. The summed E-state index contributed by atoms with van der Waals surface area (Å²) < 4.78 is 33.7. The van der Waals surface area contributed by atoms with Gasteiger partial charge in [-0.15, -0.1) is 11.8 Å². The highest BCUT2D eigenvalue weighted by atomic mass is 32.2. The molecule has 0 fully saturated rings.